The highest BCUT2D eigenvalue weighted by atomic mass is 31.2. The highest BCUT2D eigenvalue weighted by molar-refractivity contribution is 7.67. The Hall–Kier alpha value is -3.40. The van der Waals surface area contributed by atoms with Gasteiger partial charge in [-0.1, -0.05) is 119 Å². The Morgan fingerprint density at radius 3 is 1.21 bits per heavy atom. The summed E-state index contributed by atoms with van der Waals surface area (Å²) in [4.78, 5) is 48.3. The molecule has 0 aromatic heterocycles. The van der Waals surface area contributed by atoms with Crippen molar-refractivity contribution in [3.8, 4) is 22.3 Å². The smallest absolute Gasteiger partial charge is 0.294 e. The minimum atomic E-state index is -4.61. The van der Waals surface area contributed by atoms with Gasteiger partial charge in [-0.15, -0.1) is 0 Å². The zero-order chi connectivity index (χ0) is 42.1. The van der Waals surface area contributed by atoms with Crippen molar-refractivity contribution in [1.29, 1.82) is 0 Å². The first-order valence-electron chi connectivity index (χ1n) is 21.9. The molecule has 0 saturated carbocycles. The molecule has 4 nitrogen and oxygen atoms in total. The van der Waals surface area contributed by atoms with Crippen LogP contribution >= 0.6 is 7.94 Å². The summed E-state index contributed by atoms with van der Waals surface area (Å²) in [5.74, 6) is 1.56. The van der Waals surface area contributed by atoms with Crippen molar-refractivity contribution in [2.24, 2.45) is 0 Å². The molecule has 0 aliphatic heterocycles. The predicted octanol–water partition coefficient (Wildman–Crippen LogP) is 15.0. The van der Waals surface area contributed by atoms with Crippen molar-refractivity contribution in [1.82, 2.24) is 0 Å². The number of fused-ring (bicyclic) bond motifs is 2. The summed E-state index contributed by atoms with van der Waals surface area (Å²) in [6.07, 6.45) is 5.80. The van der Waals surface area contributed by atoms with E-state index in [0.717, 1.165) is 71.6 Å². The van der Waals surface area contributed by atoms with Gasteiger partial charge in [-0.3, -0.25) is 4.79 Å². The lowest BCUT2D eigenvalue weighted by Crippen LogP contribution is -2.18. The van der Waals surface area contributed by atoms with Crippen LogP contribution in [0.1, 0.15) is 208 Å². The molecule has 0 amide bonds. The molecule has 5 rings (SSSR count). The summed E-state index contributed by atoms with van der Waals surface area (Å²) in [6, 6.07) is 21.9. The largest absolute Gasteiger partial charge is 0.441 e. The van der Waals surface area contributed by atoms with Crippen LogP contribution in [0.2, 0.25) is 0 Å². The number of hydrogen-bond donors (Lipinski definition) is 3. The van der Waals surface area contributed by atoms with Crippen LogP contribution in [0.5, 0.6) is 0 Å². The van der Waals surface area contributed by atoms with Crippen molar-refractivity contribution < 1.29 is 19.5 Å². The third kappa shape index (κ3) is 8.82. The summed E-state index contributed by atoms with van der Waals surface area (Å²) >= 11 is 0. The van der Waals surface area contributed by atoms with Crippen LogP contribution in [0.3, 0.4) is 0 Å². The molecule has 5 aromatic rings. The standard InChI is InChI=1S/C52H70O4P/c1-14-30(7)37-22-39-26-44(34(11)18-5)48(28-46(39)42(24-37)32(9)16-3)51-41(36(13)53)20-21-50(57(54,55)56)52(51)49-29-47-40(27-45(49)35(12)19-6)23-38(31(8)15-2)25-43(47)33(10)17-4/h20-35,54-56H,14-19H2,1-13H3/q+1. The van der Waals surface area contributed by atoms with E-state index in [1.807, 2.05) is 0 Å². The van der Waals surface area contributed by atoms with Gasteiger partial charge in [0.05, 0.1) is 0 Å². The molecule has 0 aliphatic rings. The van der Waals surface area contributed by atoms with E-state index in [4.69, 9.17) is 0 Å². The van der Waals surface area contributed by atoms with Gasteiger partial charge in [-0.05, 0) is 171 Å². The maximum absolute atomic E-state index is 14.0. The molecule has 5 aromatic carbocycles. The molecule has 0 fully saturated rings. The number of rotatable bonds is 16. The molecule has 306 valence electrons. The maximum atomic E-state index is 14.0. The third-order valence-electron chi connectivity index (χ3n) is 13.7. The molecule has 0 bridgehead atoms. The fraction of sp³-hybridized carbons (Fsp3) is 0.481. The second-order valence-corrected chi connectivity index (χ2v) is 19.0. The zero-order valence-electron chi connectivity index (χ0n) is 37.2. The SMILES string of the molecule is CCC(C)c1cc(C(C)CC)c2cc(-c3c(C(C)=O)ccc([P+](O)(O)O)c3-c3cc4c(C(C)CC)cc(C(C)CC)cc4cc3C(C)CC)c(C(C)CC)cc2c1. The van der Waals surface area contributed by atoms with Crippen molar-refractivity contribution >= 4 is 40.6 Å². The molecule has 0 heterocycles. The molecule has 5 heteroatoms. The van der Waals surface area contributed by atoms with Gasteiger partial charge in [0.2, 0.25) is 0 Å². The summed E-state index contributed by atoms with van der Waals surface area (Å²) in [7, 11) is -4.61. The van der Waals surface area contributed by atoms with Gasteiger partial charge >= 0.3 is 7.94 Å². The van der Waals surface area contributed by atoms with E-state index in [2.05, 4.69) is 132 Å². The number of carbonyl (C=O) groups is 1. The van der Waals surface area contributed by atoms with Crippen molar-refractivity contribution in [3.05, 3.63) is 99.6 Å². The number of benzene rings is 5. The molecule has 6 atom stereocenters. The Morgan fingerprint density at radius 1 is 0.491 bits per heavy atom. The van der Waals surface area contributed by atoms with Crippen LogP contribution in [-0.2, 0) is 0 Å². The summed E-state index contributed by atoms with van der Waals surface area (Å²) in [6.45, 7) is 28.6. The van der Waals surface area contributed by atoms with Crippen molar-refractivity contribution in [2.75, 3.05) is 0 Å². The van der Waals surface area contributed by atoms with Gasteiger partial charge in [0.25, 0.3) is 0 Å². The Kier molecular flexibility index (Phi) is 14.3. The van der Waals surface area contributed by atoms with Gasteiger partial charge in [-0.2, -0.15) is 14.7 Å². The van der Waals surface area contributed by atoms with Gasteiger partial charge in [0, 0.05) is 16.7 Å². The molecule has 0 saturated heterocycles. The molecule has 3 N–H and O–H groups in total. The van der Waals surface area contributed by atoms with Crippen LogP contribution in [-0.4, -0.2) is 20.5 Å². The van der Waals surface area contributed by atoms with E-state index in [1.165, 1.54) is 33.0 Å². The average Bonchev–Trinajstić information content (AvgIpc) is 3.21. The van der Waals surface area contributed by atoms with Gasteiger partial charge < -0.3 is 0 Å². The molecule has 6 unspecified atom stereocenters. The first-order valence-corrected chi connectivity index (χ1v) is 23.6. The van der Waals surface area contributed by atoms with Crippen molar-refractivity contribution in [3.63, 3.8) is 0 Å². The molecule has 0 aliphatic carbocycles. The lowest BCUT2D eigenvalue weighted by Gasteiger charge is -2.27. The van der Waals surface area contributed by atoms with Crippen LogP contribution in [0, 0.1) is 0 Å². The summed E-state index contributed by atoms with van der Waals surface area (Å²) in [5.41, 5.74) is 10.9. The molecule has 0 radical (unpaired) electrons. The molecular weight excluding hydrogens is 720 g/mol. The number of hydrogen-bond acceptors (Lipinski definition) is 4. The van der Waals surface area contributed by atoms with Crippen LogP contribution < -0.4 is 5.30 Å². The van der Waals surface area contributed by atoms with Crippen LogP contribution in [0.15, 0.2) is 60.7 Å². The highest BCUT2D eigenvalue weighted by Crippen LogP contribution is 2.53. The van der Waals surface area contributed by atoms with E-state index >= 15 is 0 Å². The van der Waals surface area contributed by atoms with E-state index in [0.29, 0.717) is 40.4 Å². The van der Waals surface area contributed by atoms with E-state index in [9.17, 15) is 19.5 Å². The minimum Gasteiger partial charge on any atom is -0.294 e. The van der Waals surface area contributed by atoms with Crippen molar-refractivity contribution in [2.45, 2.75) is 164 Å². The van der Waals surface area contributed by atoms with E-state index < -0.39 is 7.94 Å². The highest BCUT2D eigenvalue weighted by Gasteiger charge is 2.41. The summed E-state index contributed by atoms with van der Waals surface area (Å²) < 4.78 is 0. The number of Topliss-reactive ketones (excluding diaryl/α,β-unsaturated/α-hetero) is 1. The quantitative estimate of drug-likeness (QED) is 0.0687. The fourth-order valence-electron chi connectivity index (χ4n) is 8.64. The number of ketones is 1. The Labute approximate surface area is 344 Å². The third-order valence-corrected chi connectivity index (χ3v) is 14.7. The first-order chi connectivity index (χ1) is 26.9. The second kappa shape index (κ2) is 18.3. The first kappa shape index (κ1) is 44.7. The van der Waals surface area contributed by atoms with E-state index in [-0.39, 0.29) is 22.9 Å². The Balaban J connectivity index is 2.09. The Bertz CT molecular complexity index is 2240. The van der Waals surface area contributed by atoms with Gasteiger partial charge in [0.15, 0.2) is 11.1 Å². The van der Waals surface area contributed by atoms with E-state index in [1.54, 1.807) is 19.1 Å². The normalized spacial score (nSPS) is 15.4. The predicted molar refractivity (Wildman–Crippen MR) is 248 cm³/mol. The van der Waals surface area contributed by atoms with Crippen LogP contribution in [0.4, 0.5) is 0 Å². The lowest BCUT2D eigenvalue weighted by atomic mass is 9.77. The van der Waals surface area contributed by atoms with Crippen LogP contribution in [0.25, 0.3) is 43.8 Å². The molecule has 57 heavy (non-hydrogen) atoms. The topological polar surface area (TPSA) is 77.8 Å². The van der Waals surface area contributed by atoms with Gasteiger partial charge in [0.1, 0.15) is 0 Å². The second-order valence-electron chi connectivity index (χ2n) is 17.4. The summed E-state index contributed by atoms with van der Waals surface area (Å²) in [5, 5.41) is 4.72. The Morgan fingerprint density at radius 2 is 0.860 bits per heavy atom. The average molecular weight is 790 g/mol. The molecular formula is C52H70O4P+. The van der Waals surface area contributed by atoms with Gasteiger partial charge in [-0.25, -0.2) is 0 Å². The molecule has 0 spiro atoms. The number of carbonyl (C=O) groups excluding carboxylic acids is 1. The monoisotopic (exact) mass is 790 g/mol. The lowest BCUT2D eigenvalue weighted by molar-refractivity contribution is 0.101. The zero-order valence-corrected chi connectivity index (χ0v) is 38.1. The minimum absolute atomic E-state index is 0.0807. The fourth-order valence-corrected chi connectivity index (χ4v) is 9.44. The maximum Gasteiger partial charge on any atom is 0.441 e.